The monoisotopic (exact) mass is 270 g/mol. The van der Waals surface area contributed by atoms with E-state index < -0.39 is 35.6 Å². The van der Waals surface area contributed by atoms with Gasteiger partial charge in [-0.05, 0) is 12.1 Å². The summed E-state index contributed by atoms with van der Waals surface area (Å²) in [5.74, 6) is -2.14. The van der Waals surface area contributed by atoms with Gasteiger partial charge in [0.1, 0.15) is 11.3 Å². The Balaban J connectivity index is 3.22. The lowest BCUT2D eigenvalue weighted by atomic mass is 10.1. The van der Waals surface area contributed by atoms with Gasteiger partial charge in [0.2, 0.25) is 0 Å². The van der Waals surface area contributed by atoms with E-state index in [0.717, 1.165) is 19.2 Å². The second kappa shape index (κ2) is 5.19. The number of methoxy groups -OCH3 is 1. The second-order valence-corrected chi connectivity index (χ2v) is 3.10. The van der Waals surface area contributed by atoms with Gasteiger partial charge in [0.25, 0.3) is 6.43 Å². The predicted molar refractivity (Wildman–Crippen MR) is 49.4 cm³/mol. The van der Waals surface area contributed by atoms with Gasteiger partial charge in [0, 0.05) is 5.56 Å². The van der Waals surface area contributed by atoms with Crippen LogP contribution in [0.5, 0.6) is 5.75 Å². The zero-order valence-electron chi connectivity index (χ0n) is 8.92. The van der Waals surface area contributed by atoms with E-state index in [1.54, 1.807) is 0 Å². The third kappa shape index (κ3) is 3.57. The minimum Gasteiger partial charge on any atom is -0.465 e. The Kier molecular flexibility index (Phi) is 4.10. The van der Waals surface area contributed by atoms with Gasteiger partial charge < -0.3 is 9.47 Å². The molecule has 0 saturated heterocycles. The van der Waals surface area contributed by atoms with Crippen LogP contribution in [0.1, 0.15) is 22.3 Å². The Morgan fingerprint density at radius 2 is 1.89 bits per heavy atom. The molecule has 0 aliphatic heterocycles. The molecule has 0 aliphatic carbocycles. The molecule has 3 nitrogen and oxygen atoms in total. The molecule has 0 aliphatic rings. The van der Waals surface area contributed by atoms with Crippen LogP contribution in [0.2, 0.25) is 0 Å². The largest absolute Gasteiger partial charge is 0.573 e. The summed E-state index contributed by atoms with van der Waals surface area (Å²) < 4.78 is 68.6. The van der Waals surface area contributed by atoms with Crippen LogP contribution < -0.4 is 4.74 Å². The predicted octanol–water partition coefficient (Wildman–Crippen LogP) is 3.31. The molecular weight excluding hydrogens is 263 g/mol. The molecule has 0 amide bonds. The van der Waals surface area contributed by atoms with Crippen molar-refractivity contribution in [3.8, 4) is 5.75 Å². The summed E-state index contributed by atoms with van der Waals surface area (Å²) in [6, 6.07) is 2.05. The molecule has 0 atom stereocenters. The molecule has 1 aromatic carbocycles. The van der Waals surface area contributed by atoms with Crippen LogP contribution in [-0.4, -0.2) is 19.4 Å². The van der Waals surface area contributed by atoms with E-state index in [1.807, 2.05) is 0 Å². The van der Waals surface area contributed by atoms with E-state index in [0.29, 0.717) is 6.07 Å². The molecule has 0 radical (unpaired) electrons. The van der Waals surface area contributed by atoms with Crippen LogP contribution in [0.4, 0.5) is 22.0 Å². The highest BCUT2D eigenvalue weighted by Gasteiger charge is 2.33. The van der Waals surface area contributed by atoms with Crippen molar-refractivity contribution >= 4 is 5.97 Å². The van der Waals surface area contributed by atoms with Crippen LogP contribution in [-0.2, 0) is 4.74 Å². The maximum Gasteiger partial charge on any atom is 0.573 e. The molecule has 1 aromatic rings. The first-order chi connectivity index (χ1) is 8.24. The molecular formula is C10H7F5O3. The zero-order chi connectivity index (χ0) is 13.9. The average Bonchev–Trinajstić information content (AvgIpc) is 2.25. The number of carbonyl (C=O) groups excluding carboxylic acids is 1. The van der Waals surface area contributed by atoms with E-state index in [-0.39, 0.29) is 0 Å². The molecule has 0 heterocycles. The highest BCUT2D eigenvalue weighted by molar-refractivity contribution is 5.92. The topological polar surface area (TPSA) is 35.5 Å². The number of hydrogen-bond acceptors (Lipinski definition) is 3. The van der Waals surface area contributed by atoms with Crippen molar-refractivity contribution in [2.75, 3.05) is 7.11 Å². The first-order valence-corrected chi connectivity index (χ1v) is 4.50. The lowest BCUT2D eigenvalue weighted by Gasteiger charge is -2.13. The van der Waals surface area contributed by atoms with Crippen LogP contribution in [0.25, 0.3) is 0 Å². The van der Waals surface area contributed by atoms with Crippen LogP contribution in [0.3, 0.4) is 0 Å². The molecule has 1 rings (SSSR count). The maximum atomic E-state index is 12.3. The summed E-state index contributed by atoms with van der Waals surface area (Å²) >= 11 is 0. The van der Waals surface area contributed by atoms with Crippen LogP contribution in [0.15, 0.2) is 18.2 Å². The first kappa shape index (κ1) is 14.2. The Morgan fingerprint density at radius 3 is 2.33 bits per heavy atom. The van der Waals surface area contributed by atoms with Crippen molar-refractivity contribution in [3.63, 3.8) is 0 Å². The third-order valence-electron chi connectivity index (χ3n) is 1.89. The standard InChI is InChI=1S/C10H7F5O3/c1-17-9(16)6-3-2-5(8(11)12)4-7(6)18-10(13,14)15/h2-4,8H,1H3. The lowest BCUT2D eigenvalue weighted by molar-refractivity contribution is -0.274. The quantitative estimate of drug-likeness (QED) is 0.624. The van der Waals surface area contributed by atoms with Gasteiger partial charge >= 0.3 is 12.3 Å². The molecule has 18 heavy (non-hydrogen) atoms. The minimum absolute atomic E-state index is 0.449. The van der Waals surface area contributed by atoms with E-state index >= 15 is 0 Å². The SMILES string of the molecule is COC(=O)c1ccc(C(F)F)cc1OC(F)(F)F. The van der Waals surface area contributed by atoms with Crippen LogP contribution >= 0.6 is 0 Å². The fourth-order valence-electron chi connectivity index (χ4n) is 1.16. The molecule has 0 bridgehead atoms. The number of benzene rings is 1. The second-order valence-electron chi connectivity index (χ2n) is 3.10. The van der Waals surface area contributed by atoms with Crippen molar-refractivity contribution in [3.05, 3.63) is 29.3 Å². The number of alkyl halides is 5. The molecule has 0 unspecified atom stereocenters. The van der Waals surface area contributed by atoms with Crippen molar-refractivity contribution < 1.29 is 36.2 Å². The van der Waals surface area contributed by atoms with E-state index in [4.69, 9.17) is 0 Å². The average molecular weight is 270 g/mol. The molecule has 0 spiro atoms. The summed E-state index contributed by atoms with van der Waals surface area (Å²) in [7, 11) is 0.945. The number of esters is 1. The van der Waals surface area contributed by atoms with Crippen molar-refractivity contribution in [1.29, 1.82) is 0 Å². The number of rotatable bonds is 3. The van der Waals surface area contributed by atoms with Crippen molar-refractivity contribution in [2.45, 2.75) is 12.8 Å². The Morgan fingerprint density at radius 1 is 1.28 bits per heavy atom. The summed E-state index contributed by atoms with van der Waals surface area (Å²) in [4.78, 5) is 11.1. The lowest BCUT2D eigenvalue weighted by Crippen LogP contribution is -2.19. The first-order valence-electron chi connectivity index (χ1n) is 4.50. The highest BCUT2D eigenvalue weighted by atomic mass is 19.4. The third-order valence-corrected chi connectivity index (χ3v) is 1.89. The van der Waals surface area contributed by atoms with Gasteiger partial charge in [-0.1, -0.05) is 6.07 Å². The maximum absolute atomic E-state index is 12.3. The summed E-state index contributed by atoms with van der Waals surface area (Å²) in [5, 5.41) is 0. The Bertz CT molecular complexity index is 442. The van der Waals surface area contributed by atoms with Gasteiger partial charge in [-0.3, -0.25) is 0 Å². The normalized spacial score (nSPS) is 11.5. The van der Waals surface area contributed by atoms with Gasteiger partial charge in [-0.25, -0.2) is 13.6 Å². The summed E-state index contributed by atoms with van der Waals surface area (Å²) in [5.41, 5.74) is -1.28. The molecule has 8 heteroatoms. The molecule has 100 valence electrons. The van der Waals surface area contributed by atoms with Gasteiger partial charge in [0.15, 0.2) is 0 Å². The fraction of sp³-hybridized carbons (Fsp3) is 0.300. The van der Waals surface area contributed by atoms with Crippen molar-refractivity contribution in [1.82, 2.24) is 0 Å². The van der Waals surface area contributed by atoms with E-state index in [9.17, 15) is 26.7 Å². The van der Waals surface area contributed by atoms with Crippen LogP contribution in [0, 0.1) is 0 Å². The summed E-state index contributed by atoms with van der Waals surface area (Å²) in [6.07, 6.45) is -8.07. The molecule has 0 saturated carbocycles. The molecule has 0 fully saturated rings. The van der Waals surface area contributed by atoms with E-state index in [2.05, 4.69) is 9.47 Å². The highest BCUT2D eigenvalue weighted by Crippen LogP contribution is 2.31. The Hall–Kier alpha value is -1.86. The number of hydrogen-bond donors (Lipinski definition) is 0. The fourth-order valence-corrected chi connectivity index (χ4v) is 1.16. The number of ether oxygens (including phenoxy) is 2. The number of carbonyl (C=O) groups is 1. The minimum atomic E-state index is -5.09. The van der Waals surface area contributed by atoms with Gasteiger partial charge in [-0.15, -0.1) is 13.2 Å². The zero-order valence-corrected chi connectivity index (χ0v) is 8.92. The number of halogens is 5. The van der Waals surface area contributed by atoms with E-state index in [1.165, 1.54) is 0 Å². The van der Waals surface area contributed by atoms with Gasteiger partial charge in [0.05, 0.1) is 7.11 Å². The Labute approximate surface area is 98.1 Å². The molecule has 0 N–H and O–H groups in total. The smallest absolute Gasteiger partial charge is 0.465 e. The van der Waals surface area contributed by atoms with Crippen molar-refractivity contribution in [2.24, 2.45) is 0 Å². The van der Waals surface area contributed by atoms with Gasteiger partial charge in [-0.2, -0.15) is 0 Å². The summed E-state index contributed by atoms with van der Waals surface area (Å²) in [6.45, 7) is 0. The molecule has 0 aromatic heterocycles.